The van der Waals surface area contributed by atoms with Crippen molar-refractivity contribution in [2.75, 3.05) is 10.0 Å². The van der Waals surface area contributed by atoms with Gasteiger partial charge in [0.25, 0.3) is 15.9 Å². The van der Waals surface area contributed by atoms with E-state index >= 15 is 0 Å². The molecule has 0 aliphatic carbocycles. The third-order valence-corrected chi connectivity index (χ3v) is 5.41. The van der Waals surface area contributed by atoms with Gasteiger partial charge in [-0.2, -0.15) is 0 Å². The maximum absolute atomic E-state index is 12.5. The summed E-state index contributed by atoms with van der Waals surface area (Å²) in [5.41, 5.74) is 2.34. The standard InChI is InChI=1S/C20H17ClN2O3S/c1-14-4-2-7-18(12-14)23-27(25,26)19-10-8-17(9-11-19)22-20(24)15-5-3-6-16(21)13-15/h2-13,23H,1H3,(H,22,24). The molecule has 3 rings (SSSR count). The molecule has 0 aromatic heterocycles. The third-order valence-electron chi connectivity index (χ3n) is 3.78. The van der Waals surface area contributed by atoms with E-state index in [1.165, 1.54) is 24.3 Å². The number of anilines is 2. The fourth-order valence-electron chi connectivity index (χ4n) is 2.47. The predicted octanol–water partition coefficient (Wildman–Crippen LogP) is 4.70. The van der Waals surface area contributed by atoms with Gasteiger partial charge in [-0.05, 0) is 67.1 Å². The van der Waals surface area contributed by atoms with Gasteiger partial charge in [-0.25, -0.2) is 8.42 Å². The SMILES string of the molecule is Cc1cccc(NS(=O)(=O)c2ccc(NC(=O)c3cccc(Cl)c3)cc2)c1. The van der Waals surface area contributed by atoms with Crippen LogP contribution in [0, 0.1) is 6.92 Å². The summed E-state index contributed by atoms with van der Waals surface area (Å²) in [7, 11) is -3.71. The minimum Gasteiger partial charge on any atom is -0.322 e. The molecule has 0 radical (unpaired) electrons. The van der Waals surface area contributed by atoms with Crippen molar-refractivity contribution < 1.29 is 13.2 Å². The van der Waals surface area contributed by atoms with Gasteiger partial charge in [0, 0.05) is 22.0 Å². The second-order valence-corrected chi connectivity index (χ2v) is 8.08. The number of rotatable bonds is 5. The van der Waals surface area contributed by atoms with Crippen LogP contribution in [0.1, 0.15) is 15.9 Å². The lowest BCUT2D eigenvalue weighted by Gasteiger charge is -2.10. The highest BCUT2D eigenvalue weighted by Crippen LogP contribution is 2.20. The molecule has 2 N–H and O–H groups in total. The van der Waals surface area contributed by atoms with E-state index in [-0.39, 0.29) is 10.8 Å². The normalized spacial score (nSPS) is 11.0. The zero-order valence-electron chi connectivity index (χ0n) is 14.4. The van der Waals surface area contributed by atoms with Crippen LogP contribution in [0.5, 0.6) is 0 Å². The van der Waals surface area contributed by atoms with Gasteiger partial charge in [-0.3, -0.25) is 9.52 Å². The summed E-state index contributed by atoms with van der Waals surface area (Å²) in [5.74, 6) is -0.328. The number of halogens is 1. The number of carbonyl (C=O) groups excluding carboxylic acids is 1. The van der Waals surface area contributed by atoms with E-state index in [1.54, 1.807) is 42.5 Å². The molecule has 0 saturated heterocycles. The lowest BCUT2D eigenvalue weighted by atomic mass is 10.2. The van der Waals surface area contributed by atoms with Gasteiger partial charge >= 0.3 is 0 Å². The molecule has 27 heavy (non-hydrogen) atoms. The Bertz CT molecular complexity index is 1080. The van der Waals surface area contributed by atoms with Crippen molar-refractivity contribution in [2.45, 2.75) is 11.8 Å². The number of nitrogens with one attached hydrogen (secondary N) is 2. The van der Waals surface area contributed by atoms with Crippen molar-refractivity contribution in [3.8, 4) is 0 Å². The molecule has 0 atom stereocenters. The zero-order chi connectivity index (χ0) is 19.4. The van der Waals surface area contributed by atoms with Crippen LogP contribution in [-0.2, 0) is 10.0 Å². The van der Waals surface area contributed by atoms with Crippen LogP contribution >= 0.6 is 11.6 Å². The number of sulfonamides is 1. The molecule has 1 amide bonds. The maximum atomic E-state index is 12.5. The molecule has 0 saturated carbocycles. The van der Waals surface area contributed by atoms with E-state index in [0.29, 0.717) is 22.0 Å². The van der Waals surface area contributed by atoms with Crippen LogP contribution < -0.4 is 10.0 Å². The molecular weight excluding hydrogens is 384 g/mol. The first kappa shape index (κ1) is 18.9. The van der Waals surface area contributed by atoms with Crippen LogP contribution in [-0.4, -0.2) is 14.3 Å². The smallest absolute Gasteiger partial charge is 0.261 e. The van der Waals surface area contributed by atoms with Gasteiger partial charge in [-0.15, -0.1) is 0 Å². The number of hydrogen-bond donors (Lipinski definition) is 2. The summed E-state index contributed by atoms with van der Waals surface area (Å²) in [4.78, 5) is 12.3. The van der Waals surface area contributed by atoms with Crippen molar-refractivity contribution in [3.05, 3.63) is 88.9 Å². The second kappa shape index (κ2) is 7.82. The Hall–Kier alpha value is -2.83. The molecule has 0 spiro atoms. The Labute approximate surface area is 163 Å². The van der Waals surface area contributed by atoms with E-state index in [9.17, 15) is 13.2 Å². The Morgan fingerprint density at radius 2 is 1.59 bits per heavy atom. The average Bonchev–Trinajstić information content (AvgIpc) is 2.62. The molecule has 0 aliphatic rings. The van der Waals surface area contributed by atoms with Crippen LogP contribution in [0.25, 0.3) is 0 Å². The molecule has 0 bridgehead atoms. The molecule has 0 unspecified atom stereocenters. The molecule has 0 fully saturated rings. The zero-order valence-corrected chi connectivity index (χ0v) is 16.0. The topological polar surface area (TPSA) is 75.3 Å². The van der Waals surface area contributed by atoms with Crippen molar-refractivity contribution in [2.24, 2.45) is 0 Å². The van der Waals surface area contributed by atoms with E-state index < -0.39 is 10.0 Å². The molecule has 7 heteroatoms. The monoisotopic (exact) mass is 400 g/mol. The van der Waals surface area contributed by atoms with Gasteiger partial charge in [-0.1, -0.05) is 29.8 Å². The Morgan fingerprint density at radius 1 is 0.889 bits per heavy atom. The number of aryl methyl sites for hydroxylation is 1. The molecule has 0 aliphatic heterocycles. The first-order valence-corrected chi connectivity index (χ1v) is 9.96. The summed E-state index contributed by atoms with van der Waals surface area (Å²) in [5, 5.41) is 3.17. The summed E-state index contributed by atoms with van der Waals surface area (Å²) in [6.45, 7) is 1.88. The Kier molecular flexibility index (Phi) is 5.48. The lowest BCUT2D eigenvalue weighted by Crippen LogP contribution is -2.14. The van der Waals surface area contributed by atoms with Crippen molar-refractivity contribution in [1.82, 2.24) is 0 Å². The number of carbonyl (C=O) groups is 1. The van der Waals surface area contributed by atoms with E-state index in [2.05, 4.69) is 10.0 Å². The first-order chi connectivity index (χ1) is 12.8. The first-order valence-electron chi connectivity index (χ1n) is 8.10. The van der Waals surface area contributed by atoms with Crippen molar-refractivity contribution in [3.63, 3.8) is 0 Å². The average molecular weight is 401 g/mol. The summed E-state index contributed by atoms with van der Waals surface area (Å²) in [6.07, 6.45) is 0. The minimum atomic E-state index is -3.71. The van der Waals surface area contributed by atoms with Crippen LogP contribution in [0.4, 0.5) is 11.4 Å². The third kappa shape index (κ3) is 4.87. The number of benzene rings is 3. The molecule has 0 heterocycles. The van der Waals surface area contributed by atoms with Gasteiger partial charge in [0.2, 0.25) is 0 Å². The molecule has 3 aromatic carbocycles. The fourth-order valence-corrected chi connectivity index (χ4v) is 3.71. The molecule has 5 nitrogen and oxygen atoms in total. The van der Waals surface area contributed by atoms with Crippen LogP contribution in [0.2, 0.25) is 5.02 Å². The highest BCUT2D eigenvalue weighted by atomic mass is 35.5. The lowest BCUT2D eigenvalue weighted by molar-refractivity contribution is 0.102. The number of amides is 1. The predicted molar refractivity (Wildman–Crippen MR) is 108 cm³/mol. The van der Waals surface area contributed by atoms with Crippen molar-refractivity contribution in [1.29, 1.82) is 0 Å². The van der Waals surface area contributed by atoms with E-state index in [4.69, 9.17) is 11.6 Å². The highest BCUT2D eigenvalue weighted by molar-refractivity contribution is 7.92. The van der Waals surface area contributed by atoms with Crippen molar-refractivity contribution >= 4 is 38.9 Å². The Balaban J connectivity index is 1.73. The molecular formula is C20H17ClN2O3S. The second-order valence-electron chi connectivity index (χ2n) is 5.96. The largest absolute Gasteiger partial charge is 0.322 e. The maximum Gasteiger partial charge on any atom is 0.261 e. The Morgan fingerprint density at radius 3 is 2.26 bits per heavy atom. The quantitative estimate of drug-likeness (QED) is 0.651. The fraction of sp³-hybridized carbons (Fsp3) is 0.0500. The minimum absolute atomic E-state index is 0.102. The summed E-state index contributed by atoms with van der Waals surface area (Å²) >= 11 is 5.89. The molecule has 138 valence electrons. The highest BCUT2D eigenvalue weighted by Gasteiger charge is 2.14. The summed E-state index contributed by atoms with van der Waals surface area (Å²) < 4.78 is 27.5. The van der Waals surface area contributed by atoms with Gasteiger partial charge in [0.1, 0.15) is 0 Å². The van der Waals surface area contributed by atoms with Gasteiger partial charge in [0.15, 0.2) is 0 Å². The molecule has 3 aromatic rings. The van der Waals surface area contributed by atoms with Gasteiger partial charge < -0.3 is 5.32 Å². The summed E-state index contributed by atoms with van der Waals surface area (Å²) in [6, 6.07) is 19.6. The van der Waals surface area contributed by atoms with Gasteiger partial charge in [0.05, 0.1) is 4.90 Å². The van der Waals surface area contributed by atoms with Crippen LogP contribution in [0.3, 0.4) is 0 Å². The number of hydrogen-bond acceptors (Lipinski definition) is 3. The van der Waals surface area contributed by atoms with E-state index in [1.807, 2.05) is 13.0 Å². The van der Waals surface area contributed by atoms with Crippen LogP contribution in [0.15, 0.2) is 77.7 Å². The van der Waals surface area contributed by atoms with E-state index in [0.717, 1.165) is 5.56 Å².